The second-order valence-corrected chi connectivity index (χ2v) is 6.93. The number of halogens is 1. The Labute approximate surface area is 132 Å². The number of ether oxygens (including phenoxy) is 1. The van der Waals surface area contributed by atoms with Crippen LogP contribution in [-0.2, 0) is 11.2 Å². The van der Waals surface area contributed by atoms with Crippen LogP contribution in [0.1, 0.15) is 29.7 Å². The Kier molecular flexibility index (Phi) is 4.49. The summed E-state index contributed by atoms with van der Waals surface area (Å²) in [7, 11) is 0. The Hall–Kier alpha value is -0.770. The average Bonchev–Trinajstić information content (AvgIpc) is 2.69. The summed E-state index contributed by atoms with van der Waals surface area (Å²) in [5, 5.41) is 0. The number of benzene rings is 2. The van der Waals surface area contributed by atoms with Gasteiger partial charge in [-0.1, -0.05) is 47.1 Å². The zero-order valence-electron chi connectivity index (χ0n) is 11.4. The Morgan fingerprint density at radius 2 is 2.00 bits per heavy atom. The molecule has 3 heteroatoms. The molecule has 0 saturated carbocycles. The number of aryl methyl sites for hydroxylation is 1. The molecule has 0 saturated heterocycles. The van der Waals surface area contributed by atoms with Crippen molar-refractivity contribution >= 4 is 27.7 Å². The van der Waals surface area contributed by atoms with E-state index in [0.29, 0.717) is 0 Å². The third kappa shape index (κ3) is 2.95. The molecular weight excluding hydrogens is 332 g/mol. The van der Waals surface area contributed by atoms with Crippen molar-refractivity contribution in [3.05, 3.63) is 63.6 Å². The van der Waals surface area contributed by atoms with Crippen LogP contribution in [-0.4, -0.2) is 12.4 Å². The number of rotatable bonds is 2. The summed E-state index contributed by atoms with van der Waals surface area (Å²) in [6.07, 6.45) is 1.12. The lowest BCUT2D eigenvalue weighted by Gasteiger charge is -2.18. The summed E-state index contributed by atoms with van der Waals surface area (Å²) in [5.74, 6) is 1.01. The lowest BCUT2D eigenvalue weighted by atomic mass is 9.99. The Morgan fingerprint density at radius 3 is 2.75 bits per heavy atom. The van der Waals surface area contributed by atoms with Crippen molar-refractivity contribution < 1.29 is 4.74 Å². The minimum Gasteiger partial charge on any atom is -0.368 e. The number of hydrogen-bond acceptors (Lipinski definition) is 2. The lowest BCUT2D eigenvalue weighted by molar-refractivity contribution is 0.0937. The third-order valence-corrected chi connectivity index (χ3v) is 5.12. The second-order valence-electron chi connectivity index (χ2n) is 4.88. The van der Waals surface area contributed by atoms with E-state index in [1.54, 1.807) is 0 Å². The van der Waals surface area contributed by atoms with E-state index < -0.39 is 0 Å². The highest BCUT2D eigenvalue weighted by atomic mass is 79.9. The normalized spacial score (nSPS) is 18.4. The molecule has 2 aromatic rings. The van der Waals surface area contributed by atoms with E-state index in [0.717, 1.165) is 23.3 Å². The molecule has 0 fully saturated rings. The van der Waals surface area contributed by atoms with Gasteiger partial charge in [-0.3, -0.25) is 0 Å². The Morgan fingerprint density at radius 1 is 1.20 bits per heavy atom. The molecule has 104 valence electrons. The molecule has 20 heavy (non-hydrogen) atoms. The fraction of sp³-hybridized carbons (Fsp3) is 0.294. The second kappa shape index (κ2) is 6.33. The minimum absolute atomic E-state index is 0.0448. The van der Waals surface area contributed by atoms with Crippen LogP contribution < -0.4 is 0 Å². The van der Waals surface area contributed by atoms with Gasteiger partial charge in [-0.15, -0.1) is 11.8 Å². The van der Waals surface area contributed by atoms with Crippen LogP contribution in [0.2, 0.25) is 0 Å². The van der Waals surface area contributed by atoms with Crippen LogP contribution in [0.15, 0.2) is 51.8 Å². The van der Waals surface area contributed by atoms with E-state index in [2.05, 4.69) is 65.3 Å². The molecule has 1 aliphatic heterocycles. The Bertz CT molecular complexity index is 594. The highest BCUT2D eigenvalue weighted by molar-refractivity contribution is 9.10. The van der Waals surface area contributed by atoms with Gasteiger partial charge in [0.2, 0.25) is 0 Å². The Balaban J connectivity index is 2.02. The van der Waals surface area contributed by atoms with Gasteiger partial charge in [0.25, 0.3) is 0 Å². The van der Waals surface area contributed by atoms with Crippen molar-refractivity contribution in [1.29, 1.82) is 0 Å². The van der Waals surface area contributed by atoms with Crippen LogP contribution in [0.25, 0.3) is 0 Å². The van der Waals surface area contributed by atoms with Crippen LogP contribution >= 0.6 is 27.7 Å². The summed E-state index contributed by atoms with van der Waals surface area (Å²) < 4.78 is 7.21. The summed E-state index contributed by atoms with van der Waals surface area (Å²) in [5.41, 5.74) is 3.88. The van der Waals surface area contributed by atoms with Gasteiger partial charge in [0.15, 0.2) is 0 Å². The van der Waals surface area contributed by atoms with E-state index >= 15 is 0 Å². The SMILES string of the molecule is CCc1ccc(C2OCCSc3ccc(Br)cc32)cc1. The molecule has 0 bridgehead atoms. The lowest BCUT2D eigenvalue weighted by Crippen LogP contribution is -2.07. The van der Waals surface area contributed by atoms with E-state index in [-0.39, 0.29) is 6.10 Å². The van der Waals surface area contributed by atoms with Gasteiger partial charge in [0.05, 0.1) is 6.61 Å². The van der Waals surface area contributed by atoms with Crippen molar-refractivity contribution in [1.82, 2.24) is 0 Å². The van der Waals surface area contributed by atoms with Crippen LogP contribution in [0, 0.1) is 0 Å². The summed E-state index contributed by atoms with van der Waals surface area (Å²) in [6.45, 7) is 2.97. The highest BCUT2D eigenvalue weighted by Gasteiger charge is 2.21. The fourth-order valence-electron chi connectivity index (χ4n) is 2.47. The molecule has 1 unspecified atom stereocenters. The maximum absolute atomic E-state index is 6.10. The highest BCUT2D eigenvalue weighted by Crippen LogP contribution is 2.38. The van der Waals surface area contributed by atoms with E-state index in [1.807, 2.05) is 11.8 Å². The third-order valence-electron chi connectivity index (χ3n) is 3.57. The van der Waals surface area contributed by atoms with Crippen molar-refractivity contribution in [3.63, 3.8) is 0 Å². The molecule has 0 aliphatic carbocycles. The maximum atomic E-state index is 6.10. The van der Waals surface area contributed by atoms with E-state index in [1.165, 1.54) is 21.6 Å². The van der Waals surface area contributed by atoms with Gasteiger partial charge in [0, 0.05) is 15.1 Å². The first-order chi connectivity index (χ1) is 9.78. The van der Waals surface area contributed by atoms with E-state index in [4.69, 9.17) is 4.74 Å². The maximum Gasteiger partial charge on any atom is 0.109 e. The van der Waals surface area contributed by atoms with Gasteiger partial charge in [0.1, 0.15) is 6.10 Å². The minimum atomic E-state index is 0.0448. The molecule has 1 nitrogen and oxygen atoms in total. The first-order valence-electron chi connectivity index (χ1n) is 6.90. The van der Waals surface area contributed by atoms with Crippen molar-refractivity contribution in [2.75, 3.05) is 12.4 Å². The molecule has 1 heterocycles. The predicted octanol–water partition coefficient (Wildman–Crippen LogP) is 5.22. The molecule has 0 radical (unpaired) electrons. The van der Waals surface area contributed by atoms with Gasteiger partial charge >= 0.3 is 0 Å². The van der Waals surface area contributed by atoms with Crippen molar-refractivity contribution in [2.24, 2.45) is 0 Å². The zero-order chi connectivity index (χ0) is 13.9. The summed E-state index contributed by atoms with van der Waals surface area (Å²) >= 11 is 5.45. The van der Waals surface area contributed by atoms with Gasteiger partial charge in [-0.2, -0.15) is 0 Å². The topological polar surface area (TPSA) is 9.23 Å². The molecule has 0 aromatic heterocycles. The van der Waals surface area contributed by atoms with Crippen molar-refractivity contribution in [3.8, 4) is 0 Å². The number of fused-ring (bicyclic) bond motifs is 1. The molecule has 1 aliphatic rings. The fourth-order valence-corrected chi connectivity index (χ4v) is 3.74. The predicted molar refractivity (Wildman–Crippen MR) is 88.5 cm³/mol. The van der Waals surface area contributed by atoms with Crippen LogP contribution in [0.4, 0.5) is 0 Å². The van der Waals surface area contributed by atoms with Crippen molar-refractivity contribution in [2.45, 2.75) is 24.3 Å². The first-order valence-corrected chi connectivity index (χ1v) is 8.68. The average molecular weight is 349 g/mol. The molecular formula is C17H17BrOS. The number of thioether (sulfide) groups is 1. The largest absolute Gasteiger partial charge is 0.368 e. The molecule has 0 spiro atoms. The molecule has 3 rings (SSSR count). The summed E-state index contributed by atoms with van der Waals surface area (Å²) in [6, 6.07) is 15.3. The first kappa shape index (κ1) is 14.2. The van der Waals surface area contributed by atoms with E-state index in [9.17, 15) is 0 Å². The standard InChI is InChI=1S/C17H17BrOS/c1-2-12-3-5-13(6-4-12)17-15-11-14(18)7-8-16(15)20-10-9-19-17/h3-8,11,17H,2,9-10H2,1H3. The zero-order valence-corrected chi connectivity index (χ0v) is 13.8. The smallest absolute Gasteiger partial charge is 0.109 e. The molecule has 1 atom stereocenters. The van der Waals surface area contributed by atoms with Gasteiger partial charge in [-0.05, 0) is 41.3 Å². The van der Waals surface area contributed by atoms with Crippen LogP contribution in [0.3, 0.4) is 0 Å². The molecule has 0 amide bonds. The van der Waals surface area contributed by atoms with Gasteiger partial charge in [-0.25, -0.2) is 0 Å². The molecule has 2 aromatic carbocycles. The van der Waals surface area contributed by atoms with Gasteiger partial charge < -0.3 is 4.74 Å². The molecule has 0 N–H and O–H groups in total. The number of hydrogen-bond donors (Lipinski definition) is 0. The summed E-state index contributed by atoms with van der Waals surface area (Å²) in [4.78, 5) is 1.33. The monoisotopic (exact) mass is 348 g/mol. The quantitative estimate of drug-likeness (QED) is 0.735. The van der Waals surface area contributed by atoms with Crippen LogP contribution in [0.5, 0.6) is 0 Å².